The molecule has 8 heteroatoms. The first-order valence-corrected chi connectivity index (χ1v) is 8.49. The number of hydrogen-bond donors (Lipinski definition) is 1. The second-order valence-electron chi connectivity index (χ2n) is 5.65. The number of hydrogen-bond acceptors (Lipinski definition) is 4. The zero-order valence-electron chi connectivity index (χ0n) is 14.1. The smallest absolute Gasteiger partial charge is 0.318 e. The minimum absolute atomic E-state index is 0.232. The molecule has 0 spiro atoms. The van der Waals surface area contributed by atoms with Crippen LogP contribution in [0, 0.1) is 0 Å². The zero-order valence-corrected chi connectivity index (χ0v) is 14.9. The summed E-state index contributed by atoms with van der Waals surface area (Å²) >= 11 is 6.07. The molecule has 134 valence electrons. The van der Waals surface area contributed by atoms with Crippen LogP contribution in [0.5, 0.6) is 0 Å². The van der Waals surface area contributed by atoms with E-state index in [-0.39, 0.29) is 13.1 Å². The van der Waals surface area contributed by atoms with Crippen LogP contribution in [0.1, 0.15) is 12.5 Å². The Bertz CT molecular complexity index is 1090. The molecule has 2 heterocycles. The summed E-state index contributed by atoms with van der Waals surface area (Å²) < 4.78 is 2.45. The van der Waals surface area contributed by atoms with Gasteiger partial charge in [-0.25, -0.2) is 4.98 Å². The Balaban J connectivity index is 1.90. The van der Waals surface area contributed by atoms with Crippen LogP contribution >= 0.6 is 11.6 Å². The summed E-state index contributed by atoms with van der Waals surface area (Å²) in [5, 5.41) is 3.26. The maximum Gasteiger partial charge on any atom is 0.318 e. The highest BCUT2D eigenvalue weighted by Crippen LogP contribution is 2.14. The van der Waals surface area contributed by atoms with Crippen molar-refractivity contribution in [3.63, 3.8) is 0 Å². The van der Waals surface area contributed by atoms with Gasteiger partial charge in [0.2, 0.25) is 5.91 Å². The predicted molar refractivity (Wildman–Crippen MR) is 99.2 cm³/mol. The molecule has 0 aliphatic rings. The van der Waals surface area contributed by atoms with Crippen LogP contribution in [0.3, 0.4) is 0 Å². The van der Waals surface area contributed by atoms with E-state index >= 15 is 0 Å². The minimum atomic E-state index is -0.750. The van der Waals surface area contributed by atoms with Crippen molar-refractivity contribution in [2.45, 2.75) is 26.6 Å². The van der Waals surface area contributed by atoms with Gasteiger partial charge in [-0.1, -0.05) is 29.8 Å². The summed E-state index contributed by atoms with van der Waals surface area (Å²) in [5.41, 5.74) is 0.131. The standard InChI is InChI=1S/C18H17ClN4O3/c1-2-22-16-14(8-5-9-20-16)23(18(26)17(22)25)11-15(24)21-10-12-6-3-4-7-13(12)19/h3-9H,2,10-11H2,1H3,(H,21,24). The number of fused-ring (bicyclic) bond motifs is 1. The number of carbonyl (C=O) groups is 1. The van der Waals surface area contributed by atoms with Crippen molar-refractivity contribution in [3.8, 4) is 0 Å². The molecular formula is C18H17ClN4O3. The fraction of sp³-hybridized carbons (Fsp3) is 0.222. The van der Waals surface area contributed by atoms with Gasteiger partial charge in [-0.05, 0) is 30.7 Å². The van der Waals surface area contributed by atoms with Crippen LogP contribution in [0.15, 0.2) is 52.2 Å². The lowest BCUT2D eigenvalue weighted by Crippen LogP contribution is -2.43. The van der Waals surface area contributed by atoms with Crippen LogP contribution in [0.2, 0.25) is 5.02 Å². The number of halogens is 1. The number of aryl methyl sites for hydroxylation is 1. The SMILES string of the molecule is CCn1c(=O)c(=O)n(CC(=O)NCc2ccccc2Cl)c2cccnc21. The van der Waals surface area contributed by atoms with E-state index in [4.69, 9.17) is 11.6 Å². The van der Waals surface area contributed by atoms with Crippen LogP contribution in [0.4, 0.5) is 0 Å². The van der Waals surface area contributed by atoms with Crippen molar-refractivity contribution in [1.29, 1.82) is 0 Å². The van der Waals surface area contributed by atoms with Gasteiger partial charge in [-0.15, -0.1) is 0 Å². The summed E-state index contributed by atoms with van der Waals surface area (Å²) in [4.78, 5) is 41.2. The topological polar surface area (TPSA) is 86.0 Å². The summed E-state index contributed by atoms with van der Waals surface area (Å²) in [5.74, 6) is -0.397. The van der Waals surface area contributed by atoms with E-state index in [9.17, 15) is 14.4 Å². The number of pyridine rings is 1. The molecule has 26 heavy (non-hydrogen) atoms. The van der Waals surface area contributed by atoms with Crippen LogP contribution in [-0.2, 0) is 24.4 Å². The van der Waals surface area contributed by atoms with Gasteiger partial charge in [-0.3, -0.25) is 23.5 Å². The number of rotatable bonds is 5. The number of nitrogens with one attached hydrogen (secondary N) is 1. The molecule has 0 fully saturated rings. The van der Waals surface area contributed by atoms with E-state index < -0.39 is 17.0 Å². The molecule has 2 aromatic heterocycles. The highest BCUT2D eigenvalue weighted by Gasteiger charge is 2.15. The molecule has 3 rings (SSSR count). The second-order valence-corrected chi connectivity index (χ2v) is 6.06. The molecule has 0 radical (unpaired) electrons. The highest BCUT2D eigenvalue weighted by atomic mass is 35.5. The molecule has 0 aliphatic carbocycles. The lowest BCUT2D eigenvalue weighted by atomic mass is 10.2. The monoisotopic (exact) mass is 372 g/mol. The molecule has 1 N–H and O–H groups in total. The molecule has 0 aliphatic heterocycles. The van der Waals surface area contributed by atoms with E-state index in [0.29, 0.717) is 22.7 Å². The quantitative estimate of drug-likeness (QED) is 0.688. The van der Waals surface area contributed by atoms with Gasteiger partial charge in [0.25, 0.3) is 0 Å². The third kappa shape index (κ3) is 3.39. The minimum Gasteiger partial charge on any atom is -0.350 e. The number of aromatic nitrogens is 3. The van der Waals surface area contributed by atoms with Crippen molar-refractivity contribution in [2.24, 2.45) is 0 Å². The average Bonchev–Trinajstić information content (AvgIpc) is 2.65. The van der Waals surface area contributed by atoms with Crippen molar-refractivity contribution in [3.05, 3.63) is 73.9 Å². The highest BCUT2D eigenvalue weighted by molar-refractivity contribution is 6.31. The summed E-state index contributed by atoms with van der Waals surface area (Å²) in [6.45, 7) is 2.04. The maximum atomic E-state index is 12.4. The molecule has 7 nitrogen and oxygen atoms in total. The third-order valence-corrected chi connectivity index (χ3v) is 4.41. The molecule has 0 bridgehead atoms. The van der Waals surface area contributed by atoms with Crippen LogP contribution < -0.4 is 16.4 Å². The molecule has 0 saturated carbocycles. The average molecular weight is 373 g/mol. The van der Waals surface area contributed by atoms with Gasteiger partial charge >= 0.3 is 11.1 Å². The summed E-state index contributed by atoms with van der Waals surface area (Å²) in [7, 11) is 0. The zero-order chi connectivity index (χ0) is 18.7. The summed E-state index contributed by atoms with van der Waals surface area (Å²) in [6, 6.07) is 10.5. The van der Waals surface area contributed by atoms with E-state index in [0.717, 1.165) is 10.1 Å². The largest absolute Gasteiger partial charge is 0.350 e. The second kappa shape index (κ2) is 7.53. The van der Waals surface area contributed by atoms with Crippen molar-refractivity contribution >= 4 is 28.7 Å². The van der Waals surface area contributed by atoms with E-state index in [1.54, 1.807) is 43.5 Å². The first-order chi connectivity index (χ1) is 12.5. The van der Waals surface area contributed by atoms with Gasteiger partial charge in [0.15, 0.2) is 5.65 Å². The van der Waals surface area contributed by atoms with Gasteiger partial charge in [-0.2, -0.15) is 0 Å². The van der Waals surface area contributed by atoms with Gasteiger partial charge < -0.3 is 5.32 Å². The number of carbonyl (C=O) groups excluding carboxylic acids is 1. The van der Waals surface area contributed by atoms with Crippen molar-refractivity contribution in [1.82, 2.24) is 19.4 Å². The van der Waals surface area contributed by atoms with E-state index in [1.807, 2.05) is 6.07 Å². The molecular weight excluding hydrogens is 356 g/mol. The van der Waals surface area contributed by atoms with Crippen molar-refractivity contribution < 1.29 is 4.79 Å². The predicted octanol–water partition coefficient (Wildman–Crippen LogP) is 1.55. The van der Waals surface area contributed by atoms with Crippen LogP contribution in [-0.4, -0.2) is 20.0 Å². The van der Waals surface area contributed by atoms with Gasteiger partial charge in [0.05, 0.1) is 5.52 Å². The lowest BCUT2D eigenvalue weighted by Gasteiger charge is -2.13. The summed E-state index contributed by atoms with van der Waals surface area (Å²) in [6.07, 6.45) is 1.54. The molecule has 0 atom stereocenters. The van der Waals surface area contributed by atoms with Gasteiger partial charge in [0.1, 0.15) is 6.54 Å². The number of benzene rings is 1. The Morgan fingerprint density at radius 1 is 1.12 bits per heavy atom. The first-order valence-electron chi connectivity index (χ1n) is 8.11. The van der Waals surface area contributed by atoms with E-state index in [2.05, 4.69) is 10.3 Å². The Morgan fingerprint density at radius 3 is 2.58 bits per heavy atom. The van der Waals surface area contributed by atoms with E-state index in [1.165, 1.54) is 4.57 Å². The normalized spacial score (nSPS) is 10.8. The number of amides is 1. The fourth-order valence-electron chi connectivity index (χ4n) is 2.73. The maximum absolute atomic E-state index is 12.4. The fourth-order valence-corrected chi connectivity index (χ4v) is 2.93. The molecule has 1 amide bonds. The Labute approximate surface area is 153 Å². The molecule has 0 saturated heterocycles. The Kier molecular flexibility index (Phi) is 5.18. The molecule has 3 aromatic rings. The number of nitrogens with zero attached hydrogens (tertiary/aromatic N) is 3. The Hall–Kier alpha value is -2.93. The molecule has 0 unspecified atom stereocenters. The van der Waals surface area contributed by atoms with Crippen LogP contribution in [0.25, 0.3) is 11.2 Å². The Morgan fingerprint density at radius 2 is 1.85 bits per heavy atom. The van der Waals surface area contributed by atoms with Crippen molar-refractivity contribution in [2.75, 3.05) is 0 Å². The third-order valence-electron chi connectivity index (χ3n) is 4.04. The lowest BCUT2D eigenvalue weighted by molar-refractivity contribution is -0.121. The molecule has 1 aromatic carbocycles. The van der Waals surface area contributed by atoms with Gasteiger partial charge in [0, 0.05) is 24.3 Å². The first kappa shape index (κ1) is 17.9.